The standard InChI is InChI=1S/C19H17FO7S/c20-13-7-1-2-10-16(13)28(23,24)27-19(18(21)22)26-15-9-4-6-12-11-5-3-8-14(11)25-17(12)15/h1-2,4,6-7,9-11,14,19H,3,5,8H2,(H,21,22). The molecule has 3 unspecified atom stereocenters. The second kappa shape index (κ2) is 7.06. The maximum Gasteiger partial charge on any atom is 0.375 e. The van der Waals surface area contributed by atoms with Gasteiger partial charge in [0.1, 0.15) is 16.8 Å². The van der Waals surface area contributed by atoms with Crippen molar-refractivity contribution in [1.29, 1.82) is 0 Å². The Hall–Kier alpha value is -2.65. The number of carboxylic acids is 1. The number of hydrogen-bond donors (Lipinski definition) is 1. The third-order valence-corrected chi connectivity index (χ3v) is 6.18. The molecule has 0 spiro atoms. The zero-order chi connectivity index (χ0) is 19.9. The topological polar surface area (TPSA) is 99.1 Å². The molecule has 2 aromatic carbocycles. The normalized spacial score (nSPS) is 21.5. The van der Waals surface area contributed by atoms with Crippen LogP contribution >= 0.6 is 0 Å². The highest BCUT2D eigenvalue weighted by atomic mass is 32.2. The minimum absolute atomic E-state index is 0.00564. The lowest BCUT2D eigenvalue weighted by atomic mass is 9.97. The van der Waals surface area contributed by atoms with Crippen LogP contribution in [0.25, 0.3) is 0 Å². The largest absolute Gasteiger partial charge is 0.486 e. The van der Waals surface area contributed by atoms with Crippen molar-refractivity contribution in [1.82, 2.24) is 0 Å². The van der Waals surface area contributed by atoms with E-state index in [0.717, 1.165) is 37.0 Å². The van der Waals surface area contributed by atoms with Crippen molar-refractivity contribution >= 4 is 16.1 Å². The summed E-state index contributed by atoms with van der Waals surface area (Å²) < 4.78 is 54.3. The van der Waals surface area contributed by atoms with Crippen LogP contribution in [0.4, 0.5) is 4.39 Å². The highest BCUT2D eigenvalue weighted by Crippen LogP contribution is 2.50. The van der Waals surface area contributed by atoms with E-state index >= 15 is 0 Å². The lowest BCUT2D eigenvalue weighted by Gasteiger charge is -2.18. The molecule has 0 amide bonds. The molecule has 7 nitrogen and oxygen atoms in total. The van der Waals surface area contributed by atoms with E-state index in [4.69, 9.17) is 9.47 Å². The average molecular weight is 408 g/mol. The lowest BCUT2D eigenvalue weighted by Crippen LogP contribution is -2.33. The number of halogens is 1. The number of fused-ring (bicyclic) bond motifs is 3. The van der Waals surface area contributed by atoms with E-state index < -0.39 is 33.1 Å². The first-order valence-electron chi connectivity index (χ1n) is 8.73. The van der Waals surface area contributed by atoms with E-state index in [1.54, 1.807) is 6.07 Å². The molecule has 9 heteroatoms. The maximum atomic E-state index is 13.8. The summed E-state index contributed by atoms with van der Waals surface area (Å²) in [5, 5.41) is 9.37. The van der Waals surface area contributed by atoms with Gasteiger partial charge in [0.05, 0.1) is 0 Å². The maximum absolute atomic E-state index is 13.8. The highest BCUT2D eigenvalue weighted by molar-refractivity contribution is 7.86. The Morgan fingerprint density at radius 1 is 1.18 bits per heavy atom. The number of rotatable bonds is 6. The van der Waals surface area contributed by atoms with Gasteiger partial charge in [-0.15, -0.1) is 0 Å². The third-order valence-electron chi connectivity index (χ3n) is 4.89. The average Bonchev–Trinajstić information content (AvgIpc) is 3.23. The summed E-state index contributed by atoms with van der Waals surface area (Å²) in [6.07, 6.45) is 0.703. The van der Waals surface area contributed by atoms with Crippen LogP contribution in [0.3, 0.4) is 0 Å². The molecule has 0 saturated heterocycles. The molecule has 28 heavy (non-hydrogen) atoms. The number of carbonyl (C=O) groups is 1. The Morgan fingerprint density at radius 2 is 1.96 bits per heavy atom. The zero-order valence-corrected chi connectivity index (χ0v) is 15.4. The SMILES string of the molecule is O=C(O)C(Oc1cccc2c1OC1CCCC21)OS(=O)(=O)c1ccccc1F. The Kier molecular flexibility index (Phi) is 4.72. The molecule has 1 aliphatic carbocycles. The number of para-hydroxylation sites is 1. The number of ether oxygens (including phenoxy) is 2. The van der Waals surface area contributed by atoms with Gasteiger partial charge >= 0.3 is 22.4 Å². The fourth-order valence-electron chi connectivity index (χ4n) is 3.66. The van der Waals surface area contributed by atoms with Crippen LogP contribution in [0.15, 0.2) is 47.4 Å². The summed E-state index contributed by atoms with van der Waals surface area (Å²) in [5.41, 5.74) is 0.904. The molecule has 0 aromatic heterocycles. The molecule has 1 heterocycles. The Balaban J connectivity index is 1.60. The molecule has 4 rings (SSSR count). The van der Waals surface area contributed by atoms with Crippen molar-refractivity contribution in [2.75, 3.05) is 0 Å². The van der Waals surface area contributed by atoms with E-state index in [0.29, 0.717) is 5.75 Å². The van der Waals surface area contributed by atoms with Crippen LogP contribution in [0.2, 0.25) is 0 Å². The summed E-state index contributed by atoms with van der Waals surface area (Å²) in [6, 6.07) is 9.56. The molecule has 2 aromatic rings. The van der Waals surface area contributed by atoms with Crippen LogP contribution in [0.1, 0.15) is 30.7 Å². The van der Waals surface area contributed by atoms with E-state index in [9.17, 15) is 22.7 Å². The molecule has 3 atom stereocenters. The minimum Gasteiger partial charge on any atom is -0.486 e. The molecular formula is C19H17FO7S. The molecule has 148 valence electrons. The Bertz CT molecular complexity index is 1020. The van der Waals surface area contributed by atoms with Crippen LogP contribution < -0.4 is 9.47 Å². The summed E-state index contributed by atoms with van der Waals surface area (Å²) >= 11 is 0. The molecule has 1 aliphatic heterocycles. The second-order valence-electron chi connectivity index (χ2n) is 6.64. The molecule has 0 radical (unpaired) electrons. The van der Waals surface area contributed by atoms with Crippen molar-refractivity contribution in [3.8, 4) is 11.5 Å². The van der Waals surface area contributed by atoms with Gasteiger partial charge in [-0.25, -0.2) is 13.4 Å². The van der Waals surface area contributed by atoms with Crippen molar-refractivity contribution in [3.63, 3.8) is 0 Å². The summed E-state index contributed by atoms with van der Waals surface area (Å²) in [4.78, 5) is 10.8. The molecule has 1 fully saturated rings. The Morgan fingerprint density at radius 3 is 2.71 bits per heavy atom. The van der Waals surface area contributed by atoms with Crippen molar-refractivity contribution in [3.05, 3.63) is 53.8 Å². The van der Waals surface area contributed by atoms with Crippen LogP contribution in [-0.2, 0) is 19.1 Å². The van der Waals surface area contributed by atoms with E-state index in [1.807, 2.05) is 6.07 Å². The van der Waals surface area contributed by atoms with Crippen LogP contribution in [-0.4, -0.2) is 31.9 Å². The number of benzene rings is 2. The second-order valence-corrected chi connectivity index (χ2v) is 8.18. The van der Waals surface area contributed by atoms with Crippen molar-refractivity contribution in [2.45, 2.75) is 42.5 Å². The molecule has 1 N–H and O–H groups in total. The fraction of sp³-hybridized carbons (Fsp3) is 0.316. The molecule has 2 aliphatic rings. The van der Waals surface area contributed by atoms with E-state index in [-0.39, 0.29) is 17.8 Å². The van der Waals surface area contributed by atoms with Gasteiger partial charge in [0.2, 0.25) is 0 Å². The van der Waals surface area contributed by atoms with E-state index in [1.165, 1.54) is 18.2 Å². The summed E-state index contributed by atoms with van der Waals surface area (Å²) in [7, 11) is -4.71. The van der Waals surface area contributed by atoms with Gasteiger partial charge in [-0.3, -0.25) is 0 Å². The monoisotopic (exact) mass is 408 g/mol. The third kappa shape index (κ3) is 3.31. The van der Waals surface area contributed by atoms with Gasteiger partial charge in [-0.2, -0.15) is 8.42 Å². The lowest BCUT2D eigenvalue weighted by molar-refractivity contribution is -0.158. The first-order chi connectivity index (χ1) is 13.4. The number of carboxylic acid groups (broad SMARTS) is 1. The molecule has 0 bridgehead atoms. The van der Waals surface area contributed by atoms with Crippen LogP contribution in [0.5, 0.6) is 11.5 Å². The quantitative estimate of drug-likeness (QED) is 0.579. The first kappa shape index (κ1) is 18.7. The molecular weight excluding hydrogens is 391 g/mol. The predicted molar refractivity (Wildman–Crippen MR) is 94.2 cm³/mol. The summed E-state index contributed by atoms with van der Waals surface area (Å²) in [6.45, 7) is 0. The van der Waals surface area contributed by atoms with Crippen molar-refractivity contribution < 1.29 is 36.4 Å². The van der Waals surface area contributed by atoms with Gasteiger partial charge in [0, 0.05) is 11.5 Å². The number of aliphatic carboxylic acids is 1. The van der Waals surface area contributed by atoms with Gasteiger partial charge in [0.25, 0.3) is 0 Å². The van der Waals surface area contributed by atoms with Crippen molar-refractivity contribution in [2.24, 2.45) is 0 Å². The van der Waals surface area contributed by atoms with Crippen LogP contribution in [0, 0.1) is 5.82 Å². The summed E-state index contributed by atoms with van der Waals surface area (Å²) in [5.74, 6) is -2.04. The Labute approximate surface area is 160 Å². The van der Waals surface area contributed by atoms with Gasteiger partial charge in [-0.05, 0) is 37.5 Å². The van der Waals surface area contributed by atoms with Gasteiger partial charge < -0.3 is 14.6 Å². The first-order valence-corrected chi connectivity index (χ1v) is 10.1. The number of hydrogen-bond acceptors (Lipinski definition) is 6. The van der Waals surface area contributed by atoms with Gasteiger partial charge in [0.15, 0.2) is 11.5 Å². The smallest absolute Gasteiger partial charge is 0.375 e. The van der Waals surface area contributed by atoms with Gasteiger partial charge in [-0.1, -0.05) is 24.3 Å². The highest BCUT2D eigenvalue weighted by Gasteiger charge is 2.40. The molecule has 1 saturated carbocycles. The van der Waals surface area contributed by atoms with E-state index in [2.05, 4.69) is 4.18 Å². The predicted octanol–water partition coefficient (Wildman–Crippen LogP) is 3.05. The zero-order valence-electron chi connectivity index (χ0n) is 14.6. The fourth-order valence-corrected chi connectivity index (χ4v) is 4.67. The minimum atomic E-state index is -4.71.